The molecule has 0 atom stereocenters. The number of benzene rings is 3. The highest BCUT2D eigenvalue weighted by Crippen LogP contribution is 2.42. The zero-order valence-electron chi connectivity index (χ0n) is 16.5. The Morgan fingerprint density at radius 2 is 1.19 bits per heavy atom. The number of rotatable bonds is 5. The minimum atomic E-state index is -0.383. The maximum atomic E-state index is 10.9. The largest absolute Gasteiger partial charge is 0.507 e. The molecule has 0 saturated carbocycles. The lowest BCUT2D eigenvalue weighted by molar-refractivity contribution is 0.451. The van der Waals surface area contributed by atoms with Gasteiger partial charge in [-0.2, -0.15) is 0 Å². The first-order chi connectivity index (χ1) is 12.8. The molecule has 0 radical (unpaired) electrons. The van der Waals surface area contributed by atoms with Crippen molar-refractivity contribution < 1.29 is 5.11 Å². The zero-order chi connectivity index (χ0) is 19.7. The van der Waals surface area contributed by atoms with Crippen LogP contribution in [0.1, 0.15) is 55.5 Å². The fourth-order valence-electron chi connectivity index (χ4n) is 3.64. The standard InChI is InChI=1S/C25H27NO/c1-24(2,19-11-7-5-8-12-19)21-15-18(17-26)23(27)22(16-21)25(3,4)20-13-9-6-10-14-20/h5-17,26-27H,1-4H3. The van der Waals surface area contributed by atoms with Gasteiger partial charge < -0.3 is 10.5 Å². The van der Waals surface area contributed by atoms with Crippen molar-refractivity contribution in [1.82, 2.24) is 0 Å². The Morgan fingerprint density at radius 3 is 1.67 bits per heavy atom. The summed E-state index contributed by atoms with van der Waals surface area (Å²) in [5.41, 5.74) is 4.19. The zero-order valence-corrected chi connectivity index (χ0v) is 16.5. The summed E-state index contributed by atoms with van der Waals surface area (Å²) in [6.45, 7) is 8.60. The molecule has 2 N–H and O–H groups in total. The molecule has 0 aliphatic rings. The third-order valence-corrected chi connectivity index (χ3v) is 5.68. The van der Waals surface area contributed by atoms with Crippen LogP contribution in [-0.2, 0) is 10.8 Å². The van der Waals surface area contributed by atoms with Crippen LogP contribution < -0.4 is 0 Å². The van der Waals surface area contributed by atoms with E-state index in [9.17, 15) is 5.11 Å². The fourth-order valence-corrected chi connectivity index (χ4v) is 3.64. The minimum absolute atomic E-state index is 0.187. The van der Waals surface area contributed by atoms with Crippen LogP contribution in [0.25, 0.3) is 0 Å². The predicted octanol–water partition coefficient (Wildman–Crippen LogP) is 6.04. The van der Waals surface area contributed by atoms with Crippen LogP contribution in [0.2, 0.25) is 0 Å². The van der Waals surface area contributed by atoms with Gasteiger partial charge in [0.2, 0.25) is 0 Å². The number of phenols is 1. The Morgan fingerprint density at radius 1 is 0.704 bits per heavy atom. The van der Waals surface area contributed by atoms with E-state index in [0.29, 0.717) is 5.56 Å². The second kappa shape index (κ2) is 7.03. The van der Waals surface area contributed by atoms with Crippen LogP contribution in [0.3, 0.4) is 0 Å². The first kappa shape index (κ1) is 18.9. The molecule has 0 aromatic heterocycles. The highest BCUT2D eigenvalue weighted by Gasteiger charge is 2.31. The summed E-state index contributed by atoms with van der Waals surface area (Å²) in [6.07, 6.45) is 1.24. The molecule has 3 aromatic carbocycles. The lowest BCUT2D eigenvalue weighted by Gasteiger charge is -2.32. The van der Waals surface area contributed by atoms with Crippen molar-refractivity contribution >= 4 is 6.21 Å². The minimum Gasteiger partial charge on any atom is -0.507 e. The molecule has 2 heteroatoms. The first-order valence-electron chi connectivity index (χ1n) is 9.28. The predicted molar refractivity (Wildman–Crippen MR) is 113 cm³/mol. The van der Waals surface area contributed by atoms with E-state index in [4.69, 9.17) is 5.41 Å². The van der Waals surface area contributed by atoms with Gasteiger partial charge in [0.05, 0.1) is 0 Å². The van der Waals surface area contributed by atoms with Crippen LogP contribution in [0.15, 0.2) is 72.8 Å². The fraction of sp³-hybridized carbons (Fsp3) is 0.240. The van der Waals surface area contributed by atoms with Gasteiger partial charge in [0.25, 0.3) is 0 Å². The van der Waals surface area contributed by atoms with Gasteiger partial charge in [0, 0.05) is 28.2 Å². The van der Waals surface area contributed by atoms with Crippen molar-refractivity contribution in [3.8, 4) is 5.75 Å². The van der Waals surface area contributed by atoms with Gasteiger partial charge in [-0.05, 0) is 22.8 Å². The molecular formula is C25H27NO. The van der Waals surface area contributed by atoms with E-state index in [1.165, 1.54) is 11.8 Å². The highest BCUT2D eigenvalue weighted by atomic mass is 16.3. The molecule has 0 aliphatic carbocycles. The Bertz CT molecular complexity index is 941. The van der Waals surface area contributed by atoms with Gasteiger partial charge in [-0.3, -0.25) is 0 Å². The summed E-state index contributed by atoms with van der Waals surface area (Å²) in [6, 6.07) is 24.6. The number of hydrogen-bond acceptors (Lipinski definition) is 2. The molecule has 0 unspecified atom stereocenters. The normalized spacial score (nSPS) is 12.0. The molecule has 0 fully saturated rings. The SMILES string of the molecule is CC(C)(c1ccccc1)c1cc(C=N)c(O)c(C(C)(C)c2ccccc2)c1. The number of hydrogen-bond donors (Lipinski definition) is 2. The Hall–Kier alpha value is -2.87. The Kier molecular flexibility index (Phi) is 4.93. The van der Waals surface area contributed by atoms with Crippen molar-refractivity contribution in [1.29, 1.82) is 5.41 Å². The van der Waals surface area contributed by atoms with Gasteiger partial charge >= 0.3 is 0 Å². The van der Waals surface area contributed by atoms with Crippen LogP contribution >= 0.6 is 0 Å². The molecule has 2 nitrogen and oxygen atoms in total. The van der Waals surface area contributed by atoms with E-state index < -0.39 is 0 Å². The topological polar surface area (TPSA) is 44.1 Å². The average molecular weight is 357 g/mol. The molecule has 0 amide bonds. The lowest BCUT2D eigenvalue weighted by Crippen LogP contribution is -2.23. The van der Waals surface area contributed by atoms with Crippen molar-refractivity contribution in [2.24, 2.45) is 0 Å². The molecule has 0 bridgehead atoms. The molecule has 0 heterocycles. The Labute approximate surface area is 162 Å². The second-order valence-electron chi connectivity index (χ2n) is 8.09. The van der Waals surface area contributed by atoms with E-state index >= 15 is 0 Å². The maximum Gasteiger partial charge on any atom is 0.128 e. The third kappa shape index (κ3) is 3.40. The van der Waals surface area contributed by atoms with Crippen molar-refractivity contribution in [2.75, 3.05) is 0 Å². The molecule has 0 spiro atoms. The van der Waals surface area contributed by atoms with Crippen LogP contribution in [0.5, 0.6) is 5.75 Å². The smallest absolute Gasteiger partial charge is 0.128 e. The van der Waals surface area contributed by atoms with E-state index in [1.54, 1.807) is 0 Å². The Balaban J connectivity index is 2.22. The van der Waals surface area contributed by atoms with Crippen molar-refractivity contribution in [3.63, 3.8) is 0 Å². The average Bonchev–Trinajstić information content (AvgIpc) is 2.69. The van der Waals surface area contributed by atoms with Gasteiger partial charge in [-0.15, -0.1) is 0 Å². The van der Waals surface area contributed by atoms with Crippen LogP contribution in [-0.4, -0.2) is 11.3 Å². The first-order valence-corrected chi connectivity index (χ1v) is 9.28. The maximum absolute atomic E-state index is 10.9. The molecular weight excluding hydrogens is 330 g/mol. The summed E-state index contributed by atoms with van der Waals surface area (Å²) in [5.74, 6) is 0.187. The summed E-state index contributed by atoms with van der Waals surface area (Å²) in [4.78, 5) is 0. The molecule has 0 aliphatic heterocycles. The van der Waals surface area contributed by atoms with Gasteiger partial charge in [-0.25, -0.2) is 0 Å². The summed E-state index contributed by atoms with van der Waals surface area (Å²) in [5, 5.41) is 18.7. The molecule has 27 heavy (non-hydrogen) atoms. The summed E-state index contributed by atoms with van der Waals surface area (Å²) in [7, 11) is 0. The molecule has 138 valence electrons. The monoisotopic (exact) mass is 357 g/mol. The van der Waals surface area contributed by atoms with Gasteiger partial charge in [0.15, 0.2) is 0 Å². The summed E-state index contributed by atoms with van der Waals surface area (Å²) >= 11 is 0. The van der Waals surface area contributed by atoms with E-state index in [0.717, 1.165) is 16.7 Å². The van der Waals surface area contributed by atoms with E-state index in [2.05, 4.69) is 58.0 Å². The molecule has 3 aromatic rings. The van der Waals surface area contributed by atoms with Crippen molar-refractivity contribution in [2.45, 2.75) is 38.5 Å². The van der Waals surface area contributed by atoms with Gasteiger partial charge in [-0.1, -0.05) is 94.4 Å². The van der Waals surface area contributed by atoms with Crippen LogP contribution in [0.4, 0.5) is 0 Å². The van der Waals surface area contributed by atoms with E-state index in [-0.39, 0.29) is 16.6 Å². The molecule has 0 saturated heterocycles. The quantitative estimate of drug-likeness (QED) is 0.537. The van der Waals surface area contributed by atoms with Crippen LogP contribution in [0, 0.1) is 5.41 Å². The second-order valence-corrected chi connectivity index (χ2v) is 8.09. The van der Waals surface area contributed by atoms with Gasteiger partial charge in [0.1, 0.15) is 5.75 Å². The summed E-state index contributed by atoms with van der Waals surface area (Å²) < 4.78 is 0. The number of aromatic hydroxyl groups is 1. The molecule has 3 rings (SSSR count). The number of nitrogens with one attached hydrogen (secondary N) is 1. The number of phenolic OH excluding ortho intramolecular Hbond substituents is 1. The van der Waals surface area contributed by atoms with E-state index in [1.807, 2.05) is 42.5 Å². The third-order valence-electron chi connectivity index (χ3n) is 5.68. The highest BCUT2D eigenvalue weighted by molar-refractivity contribution is 5.83. The van der Waals surface area contributed by atoms with Crippen molar-refractivity contribution in [3.05, 3.63) is 101 Å². The lowest BCUT2D eigenvalue weighted by atomic mass is 9.72.